The minimum absolute atomic E-state index is 0.0627. The van der Waals surface area contributed by atoms with Gasteiger partial charge < -0.3 is 14.9 Å². The number of aliphatic hydroxyl groups excluding tert-OH is 1. The van der Waals surface area contributed by atoms with Gasteiger partial charge in [0.2, 0.25) is 0 Å². The number of allylic oxidation sites excluding steroid dienone is 1. The number of carbonyl (C=O) groups is 1. The van der Waals surface area contributed by atoms with Crippen LogP contribution in [0.4, 0.5) is 0 Å². The van der Waals surface area contributed by atoms with E-state index in [9.17, 15) is 15.0 Å². The van der Waals surface area contributed by atoms with Crippen LogP contribution in [-0.4, -0.2) is 34.5 Å². The van der Waals surface area contributed by atoms with Gasteiger partial charge in [0.05, 0.1) is 24.7 Å². The van der Waals surface area contributed by atoms with E-state index in [1.807, 2.05) is 18.2 Å². The molecule has 1 aromatic rings. The number of aliphatic hydroxyl groups is 2. The highest BCUT2D eigenvalue weighted by Gasteiger charge is 2.35. The molecule has 1 aliphatic rings. The van der Waals surface area contributed by atoms with E-state index >= 15 is 0 Å². The average Bonchev–Trinajstić information content (AvgIpc) is 2.64. The first-order valence-electron chi connectivity index (χ1n) is 10.3. The molecular formula is C23H34O4. The van der Waals surface area contributed by atoms with Crippen LogP contribution in [0.2, 0.25) is 0 Å². The van der Waals surface area contributed by atoms with E-state index in [-0.39, 0.29) is 18.3 Å². The molecule has 1 saturated carbocycles. The summed E-state index contributed by atoms with van der Waals surface area (Å²) in [5.74, 6) is -0.125. The number of ether oxygens (including phenoxy) is 1. The highest BCUT2D eigenvalue weighted by atomic mass is 16.5. The third kappa shape index (κ3) is 8.27. The lowest BCUT2D eigenvalue weighted by atomic mass is 9.76. The van der Waals surface area contributed by atoms with Crippen molar-refractivity contribution in [3.05, 3.63) is 48.0 Å². The van der Waals surface area contributed by atoms with Gasteiger partial charge in [-0.25, -0.2) is 0 Å². The minimum Gasteiger partial charge on any atom is -0.466 e. The predicted octanol–water partition coefficient (Wildman–Crippen LogP) is 4.19. The summed E-state index contributed by atoms with van der Waals surface area (Å²) in [5.41, 5.74) is 0.366. The molecule has 150 valence electrons. The van der Waals surface area contributed by atoms with Gasteiger partial charge in [0.25, 0.3) is 0 Å². The molecule has 0 spiro atoms. The second-order valence-corrected chi connectivity index (χ2v) is 7.75. The van der Waals surface area contributed by atoms with E-state index in [1.54, 1.807) is 6.92 Å². The Morgan fingerprint density at radius 2 is 2.11 bits per heavy atom. The number of carbonyl (C=O) groups excluding carboxylic acids is 1. The molecule has 2 rings (SSSR count). The Morgan fingerprint density at radius 1 is 1.33 bits per heavy atom. The number of hydrogen-bond donors (Lipinski definition) is 2. The fourth-order valence-electron chi connectivity index (χ4n) is 3.90. The first-order chi connectivity index (χ1) is 13.0. The van der Waals surface area contributed by atoms with Gasteiger partial charge in [0, 0.05) is 0 Å². The normalized spacial score (nSPS) is 24.0. The summed E-state index contributed by atoms with van der Waals surface area (Å²) in [4.78, 5) is 11.7. The molecule has 0 bridgehead atoms. The summed E-state index contributed by atoms with van der Waals surface area (Å²) in [6, 6.07) is 10.4. The molecule has 2 N–H and O–H groups in total. The maximum atomic E-state index is 11.7. The van der Waals surface area contributed by atoms with Crippen molar-refractivity contribution in [1.82, 2.24) is 0 Å². The lowest BCUT2D eigenvalue weighted by Gasteiger charge is -2.35. The molecule has 0 radical (unpaired) electrons. The third-order valence-electron chi connectivity index (χ3n) is 5.30. The molecule has 1 fully saturated rings. The predicted molar refractivity (Wildman–Crippen MR) is 107 cm³/mol. The Balaban J connectivity index is 1.69. The lowest BCUT2D eigenvalue weighted by Crippen LogP contribution is -2.37. The van der Waals surface area contributed by atoms with Gasteiger partial charge in [-0.2, -0.15) is 0 Å². The van der Waals surface area contributed by atoms with E-state index in [2.05, 4.69) is 24.3 Å². The van der Waals surface area contributed by atoms with Crippen molar-refractivity contribution in [2.75, 3.05) is 6.61 Å². The Hall–Kier alpha value is -1.65. The number of hydrogen-bond acceptors (Lipinski definition) is 4. The summed E-state index contributed by atoms with van der Waals surface area (Å²) >= 11 is 0. The largest absolute Gasteiger partial charge is 0.466 e. The van der Waals surface area contributed by atoms with Gasteiger partial charge in [-0.1, -0.05) is 48.9 Å². The van der Waals surface area contributed by atoms with Gasteiger partial charge in [0.1, 0.15) is 0 Å². The summed E-state index contributed by atoms with van der Waals surface area (Å²) in [6.45, 7) is 2.12. The van der Waals surface area contributed by atoms with Crippen molar-refractivity contribution in [2.24, 2.45) is 5.92 Å². The van der Waals surface area contributed by atoms with Gasteiger partial charge in [-0.05, 0) is 63.4 Å². The molecule has 0 aliphatic heterocycles. The summed E-state index contributed by atoms with van der Waals surface area (Å²) in [7, 11) is 0. The van der Waals surface area contributed by atoms with Gasteiger partial charge in [0.15, 0.2) is 0 Å². The van der Waals surface area contributed by atoms with Crippen LogP contribution in [0, 0.1) is 5.92 Å². The van der Waals surface area contributed by atoms with Crippen LogP contribution < -0.4 is 0 Å². The van der Waals surface area contributed by atoms with Crippen molar-refractivity contribution < 1.29 is 19.7 Å². The SMILES string of the molecule is CCOC(=O)C[C@@]1(O)CCC[C@H](/C=C/[C@@H](O)CCCCc2ccccc2)C1. The standard InChI is InChI=1S/C23H34O4/c1-2-27-22(25)18-23(26)16-8-12-20(17-23)14-15-21(24)13-7-6-11-19-9-4-3-5-10-19/h3-5,9-10,14-15,20-21,24,26H,2,6-8,11-13,16-18H2,1H3/b15-14+/t20-,21+,23-/m1/s1. The van der Waals surface area contributed by atoms with Crippen LogP contribution in [0.5, 0.6) is 0 Å². The van der Waals surface area contributed by atoms with Gasteiger partial charge >= 0.3 is 5.97 Å². The fourth-order valence-corrected chi connectivity index (χ4v) is 3.90. The maximum Gasteiger partial charge on any atom is 0.308 e. The van der Waals surface area contributed by atoms with Crippen molar-refractivity contribution in [3.63, 3.8) is 0 Å². The molecule has 1 aliphatic carbocycles. The Bertz CT molecular complexity index is 583. The minimum atomic E-state index is -0.972. The number of unbranched alkanes of at least 4 members (excludes halogenated alkanes) is 1. The summed E-state index contributed by atoms with van der Waals surface area (Å²) in [6.07, 6.45) is 10.4. The maximum absolute atomic E-state index is 11.7. The molecule has 0 saturated heterocycles. The number of esters is 1. The second-order valence-electron chi connectivity index (χ2n) is 7.75. The molecule has 0 heterocycles. The molecular weight excluding hydrogens is 340 g/mol. The molecule has 3 atom stereocenters. The molecule has 0 unspecified atom stereocenters. The fraction of sp³-hybridized carbons (Fsp3) is 0.609. The van der Waals surface area contributed by atoms with E-state index in [0.717, 1.165) is 38.5 Å². The first-order valence-corrected chi connectivity index (χ1v) is 10.3. The van der Waals surface area contributed by atoms with E-state index in [0.29, 0.717) is 19.4 Å². The lowest BCUT2D eigenvalue weighted by molar-refractivity contribution is -0.150. The number of rotatable bonds is 10. The van der Waals surface area contributed by atoms with Gasteiger partial charge in [-0.15, -0.1) is 0 Å². The van der Waals surface area contributed by atoms with Crippen molar-refractivity contribution >= 4 is 5.97 Å². The van der Waals surface area contributed by atoms with E-state index in [4.69, 9.17) is 4.74 Å². The van der Waals surface area contributed by atoms with Crippen LogP contribution >= 0.6 is 0 Å². The molecule has 4 nitrogen and oxygen atoms in total. The Morgan fingerprint density at radius 3 is 2.85 bits per heavy atom. The molecule has 4 heteroatoms. The third-order valence-corrected chi connectivity index (χ3v) is 5.30. The highest BCUT2D eigenvalue weighted by Crippen LogP contribution is 2.35. The average molecular weight is 375 g/mol. The molecule has 27 heavy (non-hydrogen) atoms. The Labute approximate surface area is 163 Å². The first kappa shape index (κ1) is 21.6. The number of benzene rings is 1. The second kappa shape index (κ2) is 11.3. The molecule has 1 aromatic carbocycles. The van der Waals surface area contributed by atoms with Crippen molar-refractivity contribution in [1.29, 1.82) is 0 Å². The van der Waals surface area contributed by atoms with Crippen LogP contribution in [0.15, 0.2) is 42.5 Å². The van der Waals surface area contributed by atoms with Crippen LogP contribution in [0.1, 0.15) is 63.9 Å². The molecule has 0 aromatic heterocycles. The molecule has 0 amide bonds. The zero-order valence-corrected chi connectivity index (χ0v) is 16.5. The quantitative estimate of drug-likeness (QED) is 0.366. The van der Waals surface area contributed by atoms with Crippen LogP contribution in [0.3, 0.4) is 0 Å². The van der Waals surface area contributed by atoms with Crippen molar-refractivity contribution in [3.8, 4) is 0 Å². The topological polar surface area (TPSA) is 66.8 Å². The summed E-state index contributed by atoms with van der Waals surface area (Å²) in [5, 5.41) is 20.9. The zero-order chi connectivity index (χ0) is 19.5. The number of aryl methyl sites for hydroxylation is 1. The van der Waals surface area contributed by atoms with Crippen LogP contribution in [0.25, 0.3) is 0 Å². The smallest absolute Gasteiger partial charge is 0.308 e. The van der Waals surface area contributed by atoms with Crippen molar-refractivity contribution in [2.45, 2.75) is 76.4 Å². The Kier molecular flexibility index (Phi) is 9.02. The monoisotopic (exact) mass is 374 g/mol. The zero-order valence-electron chi connectivity index (χ0n) is 16.5. The van der Waals surface area contributed by atoms with E-state index in [1.165, 1.54) is 5.56 Å². The summed E-state index contributed by atoms with van der Waals surface area (Å²) < 4.78 is 4.97. The highest BCUT2D eigenvalue weighted by molar-refractivity contribution is 5.70. The van der Waals surface area contributed by atoms with E-state index < -0.39 is 11.7 Å². The van der Waals surface area contributed by atoms with Crippen LogP contribution in [-0.2, 0) is 16.0 Å². The van der Waals surface area contributed by atoms with Gasteiger partial charge in [-0.3, -0.25) is 4.79 Å².